The normalized spacial score (nSPS) is 11.0. The molecule has 0 saturated carbocycles. The Morgan fingerprint density at radius 2 is 1.86 bits per heavy atom. The summed E-state index contributed by atoms with van der Waals surface area (Å²) in [7, 11) is 0. The first kappa shape index (κ1) is 18.6. The van der Waals surface area contributed by atoms with Crippen molar-refractivity contribution in [3.63, 3.8) is 0 Å². The van der Waals surface area contributed by atoms with E-state index in [2.05, 4.69) is 15.4 Å². The second-order valence-electron chi connectivity index (χ2n) is 6.06. The quantitative estimate of drug-likeness (QED) is 0.475. The van der Waals surface area contributed by atoms with Crippen molar-refractivity contribution in [2.24, 2.45) is 0 Å². The first-order chi connectivity index (χ1) is 13.8. The molecular weight excluding hydrogens is 406 g/mol. The summed E-state index contributed by atoms with van der Waals surface area (Å²) in [5, 5.41) is 17.5. The Morgan fingerprint density at radius 3 is 2.55 bits per heavy atom. The number of carbonyl (C=O) groups is 1. The number of aromatic nitrogens is 3. The number of hydrogen-bond acceptors (Lipinski definition) is 4. The molecule has 4 rings (SSSR count). The minimum Gasteiger partial charge on any atom is -0.506 e. The average Bonchev–Trinajstić information content (AvgIpc) is 3.09. The van der Waals surface area contributed by atoms with Crippen LogP contribution in [0.5, 0.6) is 5.75 Å². The largest absolute Gasteiger partial charge is 0.506 e. The summed E-state index contributed by atoms with van der Waals surface area (Å²) in [6.45, 7) is 0. The van der Waals surface area contributed by atoms with E-state index in [0.29, 0.717) is 10.7 Å². The van der Waals surface area contributed by atoms with Crippen LogP contribution in [0.2, 0.25) is 5.02 Å². The number of H-pyrrole nitrogens is 1. The molecule has 0 saturated heterocycles. The number of carbonyl (C=O) groups excluding carboxylic acids is 1. The summed E-state index contributed by atoms with van der Waals surface area (Å²) in [5.74, 6) is -3.83. The summed E-state index contributed by atoms with van der Waals surface area (Å²) in [5.41, 5.74) is -0.814. The van der Waals surface area contributed by atoms with Crippen LogP contribution < -0.4 is 10.9 Å². The molecule has 0 aliphatic heterocycles. The van der Waals surface area contributed by atoms with Crippen molar-refractivity contribution < 1.29 is 18.7 Å². The lowest BCUT2D eigenvalue weighted by Crippen LogP contribution is -2.23. The maximum absolute atomic E-state index is 13.3. The highest BCUT2D eigenvalue weighted by molar-refractivity contribution is 6.30. The molecule has 0 aliphatic rings. The zero-order chi connectivity index (χ0) is 20.7. The fourth-order valence-corrected chi connectivity index (χ4v) is 2.94. The van der Waals surface area contributed by atoms with Gasteiger partial charge in [-0.1, -0.05) is 11.6 Å². The number of nitrogens with zero attached hydrogens (tertiary/aromatic N) is 2. The molecule has 2 aromatic carbocycles. The molecule has 0 radical (unpaired) electrons. The van der Waals surface area contributed by atoms with E-state index in [1.807, 2.05) is 0 Å². The second-order valence-corrected chi connectivity index (χ2v) is 6.49. The molecule has 4 aromatic rings. The molecule has 7 nitrogen and oxygen atoms in total. The van der Waals surface area contributed by atoms with Gasteiger partial charge in [0.15, 0.2) is 11.6 Å². The fourth-order valence-electron chi connectivity index (χ4n) is 2.81. The van der Waals surface area contributed by atoms with Crippen molar-refractivity contribution in [3.05, 3.63) is 81.2 Å². The van der Waals surface area contributed by atoms with Crippen LogP contribution in [0.3, 0.4) is 0 Å². The number of nitrogens with one attached hydrogen (secondary N) is 2. The predicted molar refractivity (Wildman–Crippen MR) is 103 cm³/mol. The number of halogens is 3. The van der Waals surface area contributed by atoms with Crippen molar-refractivity contribution >= 4 is 34.2 Å². The molecule has 0 bridgehead atoms. The molecule has 0 aliphatic carbocycles. The average molecular weight is 417 g/mol. The molecule has 0 spiro atoms. The smallest absolute Gasteiger partial charge is 0.266 e. The van der Waals surface area contributed by atoms with Crippen molar-refractivity contribution in [3.8, 4) is 11.4 Å². The van der Waals surface area contributed by atoms with Crippen molar-refractivity contribution in [2.75, 3.05) is 5.32 Å². The van der Waals surface area contributed by atoms with E-state index in [1.54, 1.807) is 24.3 Å². The van der Waals surface area contributed by atoms with Gasteiger partial charge in [0.2, 0.25) is 0 Å². The van der Waals surface area contributed by atoms with Gasteiger partial charge in [0.05, 0.1) is 17.3 Å². The number of anilines is 1. The van der Waals surface area contributed by atoms with Crippen molar-refractivity contribution in [2.45, 2.75) is 0 Å². The number of benzene rings is 2. The number of rotatable bonds is 3. The number of amides is 1. The number of hydrogen-bond donors (Lipinski definition) is 3. The predicted octanol–water partition coefficient (Wildman–Crippen LogP) is 3.60. The molecule has 0 atom stereocenters. The number of aromatic hydroxyl groups is 1. The Labute approximate surface area is 166 Å². The number of fused-ring (bicyclic) bond motifs is 1. The highest BCUT2D eigenvalue weighted by atomic mass is 35.5. The van der Waals surface area contributed by atoms with Crippen LogP contribution >= 0.6 is 11.6 Å². The minimum absolute atomic E-state index is 0.0790. The van der Waals surface area contributed by atoms with Gasteiger partial charge >= 0.3 is 0 Å². The van der Waals surface area contributed by atoms with E-state index < -0.39 is 34.4 Å². The molecule has 146 valence electrons. The van der Waals surface area contributed by atoms with E-state index in [0.717, 1.165) is 18.2 Å². The van der Waals surface area contributed by atoms with E-state index >= 15 is 0 Å². The third-order valence-electron chi connectivity index (χ3n) is 4.20. The zero-order valence-electron chi connectivity index (χ0n) is 14.4. The van der Waals surface area contributed by atoms with Gasteiger partial charge in [-0.3, -0.25) is 9.59 Å². The van der Waals surface area contributed by atoms with Crippen LogP contribution in [-0.2, 0) is 0 Å². The Bertz CT molecular complexity index is 1320. The first-order valence-electron chi connectivity index (χ1n) is 8.20. The van der Waals surface area contributed by atoms with Gasteiger partial charge < -0.3 is 15.4 Å². The maximum Gasteiger partial charge on any atom is 0.266 e. The van der Waals surface area contributed by atoms with Crippen molar-refractivity contribution in [1.82, 2.24) is 14.8 Å². The third kappa shape index (κ3) is 3.32. The van der Waals surface area contributed by atoms with Gasteiger partial charge in [0, 0.05) is 16.8 Å². The Balaban J connectivity index is 1.76. The zero-order valence-corrected chi connectivity index (χ0v) is 15.2. The highest BCUT2D eigenvalue weighted by Crippen LogP contribution is 2.27. The summed E-state index contributed by atoms with van der Waals surface area (Å²) < 4.78 is 27.7. The maximum atomic E-state index is 13.3. The topological polar surface area (TPSA) is 100 Å². The van der Waals surface area contributed by atoms with E-state index in [1.165, 1.54) is 10.9 Å². The second kappa shape index (κ2) is 7.02. The van der Waals surface area contributed by atoms with Crippen LogP contribution in [0.1, 0.15) is 10.4 Å². The van der Waals surface area contributed by atoms with Crippen LogP contribution in [0.15, 0.2) is 53.5 Å². The van der Waals surface area contributed by atoms with Crippen LogP contribution in [-0.4, -0.2) is 25.8 Å². The van der Waals surface area contributed by atoms with E-state index in [-0.39, 0.29) is 16.7 Å². The Hall–Kier alpha value is -3.72. The summed E-state index contributed by atoms with van der Waals surface area (Å²) in [6, 6.07) is 9.29. The molecule has 2 heterocycles. The van der Waals surface area contributed by atoms with Crippen molar-refractivity contribution in [1.29, 1.82) is 0 Å². The monoisotopic (exact) mass is 416 g/mol. The van der Waals surface area contributed by atoms with Crippen LogP contribution in [0.4, 0.5) is 14.5 Å². The minimum atomic E-state index is -1.17. The van der Waals surface area contributed by atoms with Gasteiger partial charge in [0.25, 0.3) is 11.5 Å². The van der Waals surface area contributed by atoms with Gasteiger partial charge in [0.1, 0.15) is 17.0 Å². The van der Waals surface area contributed by atoms with Gasteiger partial charge in [-0.2, -0.15) is 5.10 Å². The standard InChI is InChI=1S/C19H11ClF2N4O3/c20-9-1-4-11(5-2-9)26-17-12(8-23-26)16(27)15(19(29)25-17)18(28)24-10-3-6-13(21)14(22)7-10/h1-8H,(H,24,28)(H2,25,27,29). The van der Waals surface area contributed by atoms with E-state index in [9.17, 15) is 23.5 Å². The molecule has 29 heavy (non-hydrogen) atoms. The van der Waals surface area contributed by atoms with Gasteiger partial charge in [-0.05, 0) is 36.4 Å². The van der Waals surface area contributed by atoms with Gasteiger partial charge in [-0.15, -0.1) is 0 Å². The molecule has 3 N–H and O–H groups in total. The third-order valence-corrected chi connectivity index (χ3v) is 4.45. The first-order valence-corrected chi connectivity index (χ1v) is 8.58. The lowest BCUT2D eigenvalue weighted by atomic mass is 10.2. The summed E-state index contributed by atoms with van der Waals surface area (Å²) >= 11 is 5.87. The Morgan fingerprint density at radius 1 is 1.14 bits per heavy atom. The van der Waals surface area contributed by atoms with Crippen LogP contribution in [0, 0.1) is 11.6 Å². The molecular formula is C19H11ClF2N4O3. The molecule has 1 amide bonds. The lowest BCUT2D eigenvalue weighted by molar-refractivity contribution is 0.102. The van der Waals surface area contributed by atoms with Crippen LogP contribution in [0.25, 0.3) is 16.7 Å². The Kier molecular flexibility index (Phi) is 4.51. The lowest BCUT2D eigenvalue weighted by Gasteiger charge is -2.08. The number of pyridine rings is 1. The number of aromatic amines is 1. The molecule has 0 fully saturated rings. The molecule has 10 heteroatoms. The summed E-state index contributed by atoms with van der Waals surface area (Å²) in [4.78, 5) is 27.4. The fraction of sp³-hybridized carbons (Fsp3) is 0. The molecule has 0 unspecified atom stereocenters. The summed E-state index contributed by atoms with van der Waals surface area (Å²) in [6.07, 6.45) is 1.28. The molecule has 2 aromatic heterocycles. The van der Waals surface area contributed by atoms with E-state index in [4.69, 9.17) is 11.6 Å². The highest BCUT2D eigenvalue weighted by Gasteiger charge is 2.22. The van der Waals surface area contributed by atoms with Gasteiger partial charge in [-0.25, -0.2) is 13.5 Å². The SMILES string of the molecule is O=C(Nc1ccc(F)c(F)c1)c1c(O)c2cnn(-c3ccc(Cl)cc3)c2[nH]c1=O.